The number of nitrogens with one attached hydrogen (secondary N) is 1. The van der Waals surface area contributed by atoms with Crippen LogP contribution in [0.2, 0.25) is 0 Å². The molecule has 162 valence electrons. The monoisotopic (exact) mass is 439 g/mol. The molecule has 3 aliphatic rings. The lowest BCUT2D eigenvalue weighted by molar-refractivity contribution is -0.136. The molecule has 7 nitrogen and oxygen atoms in total. The van der Waals surface area contributed by atoms with Crippen molar-refractivity contribution in [3.05, 3.63) is 51.2 Å². The third kappa shape index (κ3) is 4.09. The highest BCUT2D eigenvalue weighted by Crippen LogP contribution is 2.34. The molecule has 1 N–H and O–H groups in total. The van der Waals surface area contributed by atoms with E-state index in [4.69, 9.17) is 4.74 Å². The standard InChI is InChI=1S/C23H25N3O4S/c27-21-8-7-19(22(28)24-21)26-12-17-18(23(26)29)14-31-20(17)13-30-16-5-3-15(4-6-16)11-25-9-1-2-10-25/h3-6,14,19H,1-2,7-13H2,(H,24,27,28)/t19-/m0/s1. The van der Waals surface area contributed by atoms with Crippen molar-refractivity contribution in [2.24, 2.45) is 0 Å². The van der Waals surface area contributed by atoms with Crippen molar-refractivity contribution in [1.82, 2.24) is 15.1 Å². The molecule has 8 heteroatoms. The Balaban J connectivity index is 1.21. The molecule has 5 rings (SSSR count). The van der Waals surface area contributed by atoms with Crippen molar-refractivity contribution in [2.45, 2.75) is 51.4 Å². The number of thiophene rings is 1. The van der Waals surface area contributed by atoms with E-state index in [1.54, 1.807) is 4.90 Å². The molecule has 0 unspecified atom stereocenters. The summed E-state index contributed by atoms with van der Waals surface area (Å²) in [6.07, 6.45) is 3.21. The lowest BCUT2D eigenvalue weighted by atomic mass is 10.0. The van der Waals surface area contributed by atoms with Gasteiger partial charge in [0.15, 0.2) is 0 Å². The Morgan fingerprint density at radius 1 is 1.10 bits per heavy atom. The Morgan fingerprint density at radius 3 is 2.61 bits per heavy atom. The minimum absolute atomic E-state index is 0.140. The molecule has 1 aromatic heterocycles. The van der Waals surface area contributed by atoms with Gasteiger partial charge in [0.2, 0.25) is 11.8 Å². The summed E-state index contributed by atoms with van der Waals surface area (Å²) in [7, 11) is 0. The average molecular weight is 440 g/mol. The molecule has 31 heavy (non-hydrogen) atoms. The first-order chi connectivity index (χ1) is 15.1. The van der Waals surface area contributed by atoms with Crippen LogP contribution in [-0.4, -0.2) is 46.7 Å². The summed E-state index contributed by atoms with van der Waals surface area (Å²) in [6.45, 7) is 4.11. The molecular weight excluding hydrogens is 414 g/mol. The van der Waals surface area contributed by atoms with Crippen LogP contribution in [0.1, 0.15) is 52.0 Å². The number of rotatable bonds is 6. The molecule has 4 heterocycles. The predicted octanol–water partition coefficient (Wildman–Crippen LogP) is 2.68. The van der Waals surface area contributed by atoms with Gasteiger partial charge in [-0.25, -0.2) is 0 Å². The third-order valence-electron chi connectivity index (χ3n) is 6.28. The fraction of sp³-hybridized carbons (Fsp3) is 0.435. The van der Waals surface area contributed by atoms with Crippen LogP contribution in [0.15, 0.2) is 29.6 Å². The smallest absolute Gasteiger partial charge is 0.256 e. The average Bonchev–Trinajstić information content (AvgIpc) is 3.47. The van der Waals surface area contributed by atoms with E-state index in [0.29, 0.717) is 25.1 Å². The van der Waals surface area contributed by atoms with Gasteiger partial charge in [0, 0.05) is 35.3 Å². The maximum atomic E-state index is 12.8. The minimum atomic E-state index is -0.584. The van der Waals surface area contributed by atoms with Gasteiger partial charge in [-0.2, -0.15) is 0 Å². The molecule has 1 aromatic carbocycles. The van der Waals surface area contributed by atoms with Gasteiger partial charge in [0.25, 0.3) is 5.91 Å². The van der Waals surface area contributed by atoms with Crippen molar-refractivity contribution in [3.63, 3.8) is 0 Å². The first kappa shape index (κ1) is 20.2. The SMILES string of the molecule is O=C1CC[C@H](N2Cc3c(csc3COc3ccc(CN4CCCC4)cc3)C2=O)C(=O)N1. The van der Waals surface area contributed by atoms with E-state index < -0.39 is 6.04 Å². The van der Waals surface area contributed by atoms with Gasteiger partial charge in [-0.3, -0.25) is 24.6 Å². The summed E-state index contributed by atoms with van der Waals surface area (Å²) >= 11 is 1.52. The molecule has 0 saturated carbocycles. The number of amides is 3. The Hall–Kier alpha value is -2.71. The van der Waals surface area contributed by atoms with Gasteiger partial charge < -0.3 is 9.64 Å². The maximum absolute atomic E-state index is 12.8. The molecule has 2 aromatic rings. The Kier molecular flexibility index (Phi) is 5.50. The van der Waals surface area contributed by atoms with Crippen molar-refractivity contribution in [1.29, 1.82) is 0 Å². The van der Waals surface area contributed by atoms with Crippen LogP contribution in [0.3, 0.4) is 0 Å². The Labute approximate surface area is 185 Å². The van der Waals surface area contributed by atoms with Gasteiger partial charge in [0.05, 0.1) is 5.56 Å². The van der Waals surface area contributed by atoms with Crippen LogP contribution in [0, 0.1) is 0 Å². The van der Waals surface area contributed by atoms with Crippen LogP contribution in [-0.2, 0) is 29.3 Å². The van der Waals surface area contributed by atoms with E-state index in [1.807, 2.05) is 17.5 Å². The fourth-order valence-electron chi connectivity index (χ4n) is 4.56. The largest absolute Gasteiger partial charge is 0.488 e. The molecule has 1 atom stereocenters. The van der Waals surface area contributed by atoms with Crippen molar-refractivity contribution in [3.8, 4) is 5.75 Å². The highest BCUT2D eigenvalue weighted by molar-refractivity contribution is 7.10. The van der Waals surface area contributed by atoms with Gasteiger partial charge in [-0.05, 0) is 50.0 Å². The Morgan fingerprint density at radius 2 is 1.87 bits per heavy atom. The highest BCUT2D eigenvalue weighted by Gasteiger charge is 2.40. The molecule has 0 aliphatic carbocycles. The number of piperidine rings is 1. The van der Waals surface area contributed by atoms with Crippen LogP contribution in [0.25, 0.3) is 0 Å². The second kappa shape index (κ2) is 8.43. The molecule has 2 saturated heterocycles. The molecule has 0 radical (unpaired) electrons. The first-order valence-corrected chi connectivity index (χ1v) is 11.6. The molecule has 3 aliphatic heterocycles. The summed E-state index contributed by atoms with van der Waals surface area (Å²) in [5.41, 5.74) is 2.87. The van der Waals surface area contributed by atoms with Gasteiger partial charge >= 0.3 is 0 Å². The van der Waals surface area contributed by atoms with Crippen molar-refractivity contribution >= 4 is 29.1 Å². The zero-order chi connectivity index (χ0) is 21.4. The number of benzene rings is 1. The van der Waals surface area contributed by atoms with Crippen molar-refractivity contribution in [2.75, 3.05) is 13.1 Å². The van der Waals surface area contributed by atoms with E-state index in [-0.39, 0.29) is 24.1 Å². The van der Waals surface area contributed by atoms with E-state index in [9.17, 15) is 14.4 Å². The number of likely N-dealkylation sites (tertiary alicyclic amines) is 1. The van der Waals surface area contributed by atoms with Gasteiger partial charge in [-0.15, -0.1) is 11.3 Å². The first-order valence-electron chi connectivity index (χ1n) is 10.8. The lowest BCUT2D eigenvalue weighted by Crippen LogP contribution is -2.52. The number of fused-ring (bicyclic) bond motifs is 1. The van der Waals surface area contributed by atoms with E-state index in [2.05, 4.69) is 22.3 Å². The number of hydrogen-bond acceptors (Lipinski definition) is 6. The lowest BCUT2D eigenvalue weighted by Gasteiger charge is -2.29. The van der Waals surface area contributed by atoms with Crippen LogP contribution in [0.4, 0.5) is 0 Å². The quantitative estimate of drug-likeness (QED) is 0.700. The van der Waals surface area contributed by atoms with E-state index in [1.165, 1.54) is 42.8 Å². The molecule has 0 bridgehead atoms. The van der Waals surface area contributed by atoms with Gasteiger partial charge in [0.1, 0.15) is 18.4 Å². The zero-order valence-corrected chi connectivity index (χ0v) is 18.1. The Bertz CT molecular complexity index is 1010. The maximum Gasteiger partial charge on any atom is 0.256 e. The van der Waals surface area contributed by atoms with E-state index >= 15 is 0 Å². The van der Waals surface area contributed by atoms with Gasteiger partial charge in [-0.1, -0.05) is 12.1 Å². The zero-order valence-electron chi connectivity index (χ0n) is 17.3. The van der Waals surface area contributed by atoms with Crippen LogP contribution in [0.5, 0.6) is 5.75 Å². The number of carbonyl (C=O) groups is 3. The summed E-state index contributed by atoms with van der Waals surface area (Å²) in [4.78, 5) is 41.5. The molecule has 0 spiro atoms. The number of ether oxygens (including phenoxy) is 1. The van der Waals surface area contributed by atoms with Crippen LogP contribution < -0.4 is 10.1 Å². The summed E-state index contributed by atoms with van der Waals surface area (Å²) in [5.74, 6) is 0.00444. The summed E-state index contributed by atoms with van der Waals surface area (Å²) < 4.78 is 5.99. The van der Waals surface area contributed by atoms with E-state index in [0.717, 1.165) is 22.7 Å². The second-order valence-corrected chi connectivity index (χ2v) is 9.33. The van der Waals surface area contributed by atoms with Crippen LogP contribution >= 0.6 is 11.3 Å². The second-order valence-electron chi connectivity index (χ2n) is 8.37. The number of imide groups is 1. The summed E-state index contributed by atoms with van der Waals surface area (Å²) in [6, 6.07) is 7.64. The topological polar surface area (TPSA) is 79.0 Å². The molecule has 3 amide bonds. The summed E-state index contributed by atoms with van der Waals surface area (Å²) in [5, 5.41) is 4.19. The normalized spacial score (nSPS) is 21.5. The number of hydrogen-bond donors (Lipinski definition) is 1. The third-order valence-corrected chi connectivity index (χ3v) is 7.29. The van der Waals surface area contributed by atoms with Crippen molar-refractivity contribution < 1.29 is 19.1 Å². The molecule has 2 fully saturated rings. The fourth-order valence-corrected chi connectivity index (χ4v) is 5.51. The highest BCUT2D eigenvalue weighted by atomic mass is 32.1. The minimum Gasteiger partial charge on any atom is -0.488 e. The predicted molar refractivity (Wildman–Crippen MR) is 116 cm³/mol. The number of carbonyl (C=O) groups excluding carboxylic acids is 3. The number of nitrogens with zero attached hydrogens (tertiary/aromatic N) is 2. The molecular formula is C23H25N3O4S.